The van der Waals surface area contributed by atoms with Gasteiger partial charge >= 0.3 is 0 Å². The van der Waals surface area contributed by atoms with Crippen molar-refractivity contribution in [3.63, 3.8) is 0 Å². The predicted octanol–water partition coefficient (Wildman–Crippen LogP) is 2.50. The lowest BCUT2D eigenvalue weighted by molar-refractivity contribution is -0.929. The van der Waals surface area contributed by atoms with Crippen molar-refractivity contribution < 1.29 is 14.4 Å². The molecule has 1 aliphatic rings. The first-order chi connectivity index (χ1) is 10.7. The molecule has 1 unspecified atom stereocenters. The van der Waals surface area contributed by atoms with Crippen LogP contribution in [0.1, 0.15) is 16.7 Å². The summed E-state index contributed by atoms with van der Waals surface area (Å²) in [6, 6.07) is 12.4. The van der Waals surface area contributed by atoms with Gasteiger partial charge < -0.3 is 14.4 Å². The third-order valence-corrected chi connectivity index (χ3v) is 4.47. The second kappa shape index (κ2) is 6.59. The van der Waals surface area contributed by atoms with Gasteiger partial charge in [0.1, 0.15) is 13.1 Å². The maximum atomic E-state index is 6.08. The summed E-state index contributed by atoms with van der Waals surface area (Å²) in [6.45, 7) is 3.12. The van der Waals surface area contributed by atoms with Crippen LogP contribution in [-0.2, 0) is 19.5 Å². The number of rotatable bonds is 4. The summed E-state index contributed by atoms with van der Waals surface area (Å²) in [5.74, 6) is 1.63. The Hall–Kier alpha value is -1.71. The summed E-state index contributed by atoms with van der Waals surface area (Å²) in [6.07, 6.45) is 1.06. The lowest BCUT2D eigenvalue weighted by Crippen LogP contribution is -3.10. The zero-order valence-electron chi connectivity index (χ0n) is 13.0. The van der Waals surface area contributed by atoms with E-state index in [1.807, 2.05) is 12.1 Å². The van der Waals surface area contributed by atoms with Crippen LogP contribution < -0.4 is 14.4 Å². The quantitative estimate of drug-likeness (QED) is 0.936. The lowest BCUT2D eigenvalue weighted by Gasteiger charge is -2.27. The molecule has 1 aliphatic heterocycles. The van der Waals surface area contributed by atoms with Crippen LogP contribution in [0.15, 0.2) is 36.4 Å². The molecule has 2 aromatic rings. The Balaban J connectivity index is 1.78. The maximum Gasteiger partial charge on any atom is 0.161 e. The summed E-state index contributed by atoms with van der Waals surface area (Å²) in [5, 5.41) is 0.806. The molecule has 0 aliphatic carbocycles. The van der Waals surface area contributed by atoms with Gasteiger partial charge in [-0.05, 0) is 29.8 Å². The molecular weight excluding hydrogens is 298 g/mol. The van der Waals surface area contributed by atoms with E-state index >= 15 is 0 Å². The van der Waals surface area contributed by atoms with Gasteiger partial charge in [0.2, 0.25) is 0 Å². The van der Waals surface area contributed by atoms with Crippen LogP contribution in [0.5, 0.6) is 11.5 Å². The van der Waals surface area contributed by atoms with E-state index in [1.54, 1.807) is 19.1 Å². The Labute approximate surface area is 136 Å². The van der Waals surface area contributed by atoms with Crippen LogP contribution in [0.2, 0.25) is 5.02 Å². The predicted molar refractivity (Wildman–Crippen MR) is 87.9 cm³/mol. The van der Waals surface area contributed by atoms with Crippen LogP contribution >= 0.6 is 11.6 Å². The number of nitrogens with one attached hydrogen (secondary N) is 1. The Bertz CT molecular complexity index is 672. The van der Waals surface area contributed by atoms with Crippen molar-refractivity contribution in [3.8, 4) is 11.5 Å². The molecule has 2 aromatic carbocycles. The molecule has 1 N–H and O–H groups in total. The zero-order chi connectivity index (χ0) is 15.5. The molecule has 0 fully saturated rings. The highest BCUT2D eigenvalue weighted by Gasteiger charge is 2.22. The Kier molecular flexibility index (Phi) is 4.55. The number of methoxy groups -OCH3 is 2. The summed E-state index contributed by atoms with van der Waals surface area (Å²) >= 11 is 6.08. The van der Waals surface area contributed by atoms with Crippen molar-refractivity contribution in [2.45, 2.75) is 19.5 Å². The molecule has 1 heterocycles. The molecule has 0 aromatic heterocycles. The van der Waals surface area contributed by atoms with E-state index in [0.717, 1.165) is 42.6 Å². The van der Waals surface area contributed by atoms with Crippen LogP contribution in [0.4, 0.5) is 0 Å². The molecule has 0 amide bonds. The van der Waals surface area contributed by atoms with Crippen LogP contribution in [-0.4, -0.2) is 20.8 Å². The van der Waals surface area contributed by atoms with Gasteiger partial charge in [0.05, 0.1) is 20.8 Å². The highest BCUT2D eigenvalue weighted by Crippen LogP contribution is 2.31. The maximum absolute atomic E-state index is 6.08. The fourth-order valence-electron chi connectivity index (χ4n) is 3.12. The van der Waals surface area contributed by atoms with Gasteiger partial charge in [0.25, 0.3) is 0 Å². The minimum Gasteiger partial charge on any atom is -0.493 e. The van der Waals surface area contributed by atoms with Gasteiger partial charge in [0.15, 0.2) is 11.5 Å². The van der Waals surface area contributed by atoms with E-state index < -0.39 is 0 Å². The normalized spacial score (nSPS) is 17.0. The van der Waals surface area contributed by atoms with Gasteiger partial charge in [-0.1, -0.05) is 23.7 Å². The van der Waals surface area contributed by atoms with Crippen LogP contribution in [0.3, 0.4) is 0 Å². The van der Waals surface area contributed by atoms with E-state index in [9.17, 15) is 0 Å². The molecule has 3 rings (SSSR count). The minimum atomic E-state index is 0.806. The third kappa shape index (κ3) is 3.21. The van der Waals surface area contributed by atoms with E-state index in [4.69, 9.17) is 21.1 Å². The minimum absolute atomic E-state index is 0.806. The molecule has 0 saturated carbocycles. The van der Waals surface area contributed by atoms with Crippen LogP contribution in [0, 0.1) is 0 Å². The fourth-order valence-corrected chi connectivity index (χ4v) is 3.33. The summed E-state index contributed by atoms with van der Waals surface area (Å²) in [5.41, 5.74) is 4.00. The molecule has 0 radical (unpaired) electrons. The topological polar surface area (TPSA) is 22.9 Å². The number of hydrogen-bond acceptors (Lipinski definition) is 2. The first-order valence-corrected chi connectivity index (χ1v) is 7.89. The van der Waals surface area contributed by atoms with E-state index in [-0.39, 0.29) is 0 Å². The van der Waals surface area contributed by atoms with Gasteiger partial charge in [-0.2, -0.15) is 0 Å². The number of benzene rings is 2. The molecule has 3 nitrogen and oxygen atoms in total. The number of halogens is 1. The van der Waals surface area contributed by atoms with E-state index in [1.165, 1.54) is 16.7 Å². The summed E-state index contributed by atoms with van der Waals surface area (Å²) < 4.78 is 10.8. The number of ether oxygens (including phenoxy) is 2. The van der Waals surface area contributed by atoms with E-state index in [2.05, 4.69) is 24.3 Å². The van der Waals surface area contributed by atoms with Crippen molar-refractivity contribution in [2.24, 2.45) is 0 Å². The van der Waals surface area contributed by atoms with Crippen molar-refractivity contribution in [3.05, 3.63) is 58.1 Å². The fraction of sp³-hybridized carbons (Fsp3) is 0.333. The van der Waals surface area contributed by atoms with Gasteiger partial charge in [-0.3, -0.25) is 0 Å². The highest BCUT2D eigenvalue weighted by molar-refractivity contribution is 6.30. The molecular formula is C18H21ClNO2+. The second-order valence-electron chi connectivity index (χ2n) is 5.71. The zero-order valence-corrected chi connectivity index (χ0v) is 13.7. The van der Waals surface area contributed by atoms with Gasteiger partial charge in [-0.25, -0.2) is 0 Å². The molecule has 0 saturated heterocycles. The number of hydrogen-bond donors (Lipinski definition) is 1. The Morgan fingerprint density at radius 3 is 2.45 bits per heavy atom. The van der Waals surface area contributed by atoms with Crippen molar-refractivity contribution >= 4 is 11.6 Å². The monoisotopic (exact) mass is 318 g/mol. The standard InChI is InChI=1S/C18H20ClNO2/c1-21-17-9-14-6-7-20(12-15(14)10-18(17)22-2)11-13-4-3-5-16(19)8-13/h3-5,8-10H,6-7,11-12H2,1-2H3/p+1. The average molecular weight is 319 g/mol. The largest absolute Gasteiger partial charge is 0.493 e. The number of fused-ring (bicyclic) bond motifs is 1. The van der Waals surface area contributed by atoms with Crippen LogP contribution in [0.25, 0.3) is 0 Å². The highest BCUT2D eigenvalue weighted by atomic mass is 35.5. The molecule has 0 spiro atoms. The molecule has 116 valence electrons. The first kappa shape index (κ1) is 15.2. The Morgan fingerprint density at radius 2 is 1.77 bits per heavy atom. The third-order valence-electron chi connectivity index (χ3n) is 4.24. The summed E-state index contributed by atoms with van der Waals surface area (Å²) in [7, 11) is 3.37. The summed E-state index contributed by atoms with van der Waals surface area (Å²) in [4.78, 5) is 1.54. The lowest BCUT2D eigenvalue weighted by atomic mass is 9.98. The Morgan fingerprint density at radius 1 is 1.05 bits per heavy atom. The van der Waals surface area contributed by atoms with Gasteiger partial charge in [0, 0.05) is 22.6 Å². The second-order valence-corrected chi connectivity index (χ2v) is 6.15. The molecule has 1 atom stereocenters. The smallest absolute Gasteiger partial charge is 0.161 e. The first-order valence-electron chi connectivity index (χ1n) is 7.51. The molecule has 0 bridgehead atoms. The SMILES string of the molecule is COc1cc2c(cc1OC)C[NH+](Cc1cccc(Cl)c1)CC2. The van der Waals surface area contributed by atoms with Crippen molar-refractivity contribution in [1.29, 1.82) is 0 Å². The molecule has 22 heavy (non-hydrogen) atoms. The van der Waals surface area contributed by atoms with Gasteiger partial charge in [-0.15, -0.1) is 0 Å². The average Bonchev–Trinajstić information content (AvgIpc) is 2.53. The van der Waals surface area contributed by atoms with E-state index in [0.29, 0.717) is 0 Å². The molecule has 4 heteroatoms. The van der Waals surface area contributed by atoms with Crippen molar-refractivity contribution in [1.82, 2.24) is 0 Å². The number of quaternary nitrogens is 1. The van der Waals surface area contributed by atoms with Crippen molar-refractivity contribution in [2.75, 3.05) is 20.8 Å².